The van der Waals surface area contributed by atoms with Crippen LogP contribution in [0, 0.1) is 0 Å². The van der Waals surface area contributed by atoms with E-state index >= 15 is 0 Å². The molecule has 0 spiro atoms. The lowest BCUT2D eigenvalue weighted by molar-refractivity contribution is -0.178. The van der Waals surface area contributed by atoms with E-state index < -0.39 is 6.29 Å². The van der Waals surface area contributed by atoms with Gasteiger partial charge in [-0.25, -0.2) is 0 Å². The summed E-state index contributed by atoms with van der Waals surface area (Å²) in [5.41, 5.74) is 0. The van der Waals surface area contributed by atoms with Crippen LogP contribution in [0.3, 0.4) is 0 Å². The van der Waals surface area contributed by atoms with Crippen molar-refractivity contribution >= 4 is 0 Å². The topological polar surface area (TPSA) is 52.9 Å². The first-order chi connectivity index (χ1) is 5.22. The van der Waals surface area contributed by atoms with Crippen molar-refractivity contribution in [1.82, 2.24) is 4.90 Å². The van der Waals surface area contributed by atoms with Crippen molar-refractivity contribution in [2.45, 2.75) is 19.3 Å². The van der Waals surface area contributed by atoms with Crippen LogP contribution in [0.1, 0.15) is 6.92 Å². The normalized spacial score (nSPS) is 34.1. The molecule has 0 amide bonds. The van der Waals surface area contributed by atoms with Gasteiger partial charge in [-0.15, -0.1) is 0 Å². The van der Waals surface area contributed by atoms with E-state index in [4.69, 9.17) is 14.9 Å². The van der Waals surface area contributed by atoms with Crippen LogP contribution in [0.15, 0.2) is 0 Å². The second-order valence-corrected chi connectivity index (χ2v) is 2.88. The molecule has 0 radical (unpaired) electrons. The zero-order valence-electron chi connectivity index (χ0n) is 6.73. The van der Waals surface area contributed by atoms with Gasteiger partial charge < -0.3 is 14.9 Å². The summed E-state index contributed by atoms with van der Waals surface area (Å²) in [6, 6.07) is 0. The van der Waals surface area contributed by atoms with Crippen LogP contribution in [-0.4, -0.2) is 53.7 Å². The Kier molecular flexibility index (Phi) is 3.26. The van der Waals surface area contributed by atoms with Crippen molar-refractivity contribution in [1.29, 1.82) is 0 Å². The molecule has 2 unspecified atom stereocenters. The summed E-state index contributed by atoms with van der Waals surface area (Å²) in [4.78, 5) is 1.98. The predicted molar refractivity (Wildman–Crippen MR) is 40.1 cm³/mol. The second kappa shape index (κ2) is 4.01. The van der Waals surface area contributed by atoms with Crippen LogP contribution in [-0.2, 0) is 4.74 Å². The van der Waals surface area contributed by atoms with Gasteiger partial charge in [0.25, 0.3) is 0 Å². The van der Waals surface area contributed by atoms with Gasteiger partial charge in [-0.3, -0.25) is 4.90 Å². The SMILES string of the molecule is CC1CN(CCO)CC(O)O1. The molecule has 1 fully saturated rings. The highest BCUT2D eigenvalue weighted by atomic mass is 16.6. The van der Waals surface area contributed by atoms with Gasteiger partial charge in [0.05, 0.1) is 12.7 Å². The van der Waals surface area contributed by atoms with Crippen LogP contribution < -0.4 is 0 Å². The van der Waals surface area contributed by atoms with Gasteiger partial charge >= 0.3 is 0 Å². The predicted octanol–water partition coefficient (Wildman–Crippen LogP) is -0.982. The number of nitrogens with zero attached hydrogens (tertiary/aromatic N) is 1. The second-order valence-electron chi connectivity index (χ2n) is 2.88. The lowest BCUT2D eigenvalue weighted by atomic mass is 10.3. The Bertz CT molecular complexity index is 110. The van der Waals surface area contributed by atoms with Crippen molar-refractivity contribution in [3.05, 3.63) is 0 Å². The van der Waals surface area contributed by atoms with Crippen LogP contribution >= 0.6 is 0 Å². The number of morpholine rings is 1. The molecule has 1 rings (SSSR count). The van der Waals surface area contributed by atoms with E-state index in [-0.39, 0.29) is 12.7 Å². The van der Waals surface area contributed by atoms with E-state index in [9.17, 15) is 0 Å². The highest BCUT2D eigenvalue weighted by Crippen LogP contribution is 2.07. The first-order valence-corrected chi connectivity index (χ1v) is 3.89. The zero-order chi connectivity index (χ0) is 8.27. The lowest BCUT2D eigenvalue weighted by Crippen LogP contribution is -2.47. The molecule has 1 heterocycles. The smallest absolute Gasteiger partial charge is 0.167 e. The molecule has 0 aromatic rings. The number of rotatable bonds is 2. The van der Waals surface area contributed by atoms with Crippen molar-refractivity contribution in [2.75, 3.05) is 26.2 Å². The average molecular weight is 161 g/mol. The molecule has 4 nitrogen and oxygen atoms in total. The van der Waals surface area contributed by atoms with Gasteiger partial charge in [0.15, 0.2) is 6.29 Å². The Labute approximate surface area is 66.4 Å². The zero-order valence-corrected chi connectivity index (χ0v) is 6.73. The van der Waals surface area contributed by atoms with E-state index in [1.54, 1.807) is 0 Å². The summed E-state index contributed by atoms with van der Waals surface area (Å²) < 4.78 is 5.09. The van der Waals surface area contributed by atoms with Gasteiger partial charge in [0, 0.05) is 19.6 Å². The highest BCUT2D eigenvalue weighted by Gasteiger charge is 2.22. The molecule has 11 heavy (non-hydrogen) atoms. The molecule has 66 valence electrons. The standard InChI is InChI=1S/C7H15NO3/c1-6-4-8(2-3-9)5-7(10)11-6/h6-7,9-10H,2-5H2,1H3. The van der Waals surface area contributed by atoms with Gasteiger partial charge in [-0.1, -0.05) is 0 Å². The van der Waals surface area contributed by atoms with E-state index in [0.717, 1.165) is 6.54 Å². The minimum absolute atomic E-state index is 0.0605. The maximum atomic E-state index is 9.13. The third-order valence-corrected chi connectivity index (χ3v) is 1.74. The number of β-amino-alcohol motifs (C(OH)–C–C–N with tert-alkyl or cyclic N) is 2. The molecule has 0 saturated carbocycles. The van der Waals surface area contributed by atoms with Crippen molar-refractivity contribution in [3.8, 4) is 0 Å². The number of aliphatic hydroxyl groups is 2. The third kappa shape index (κ3) is 2.75. The van der Waals surface area contributed by atoms with Crippen LogP contribution in [0.2, 0.25) is 0 Å². The molecule has 0 aliphatic carbocycles. The fourth-order valence-electron chi connectivity index (χ4n) is 1.34. The van der Waals surface area contributed by atoms with Crippen LogP contribution in [0.5, 0.6) is 0 Å². The molecule has 0 aromatic carbocycles. The minimum Gasteiger partial charge on any atom is -0.395 e. The number of hydrogen-bond acceptors (Lipinski definition) is 4. The summed E-state index contributed by atoms with van der Waals surface area (Å²) in [5.74, 6) is 0. The lowest BCUT2D eigenvalue weighted by Gasteiger charge is -2.33. The largest absolute Gasteiger partial charge is 0.395 e. The summed E-state index contributed by atoms with van der Waals surface area (Å²) in [5, 5.41) is 17.8. The maximum absolute atomic E-state index is 9.13. The summed E-state index contributed by atoms with van der Waals surface area (Å²) in [6.45, 7) is 3.96. The summed E-state index contributed by atoms with van der Waals surface area (Å²) >= 11 is 0. The Hall–Kier alpha value is -0.160. The molecule has 1 saturated heterocycles. The van der Waals surface area contributed by atoms with Crippen molar-refractivity contribution < 1.29 is 14.9 Å². The summed E-state index contributed by atoms with van der Waals surface area (Å²) in [7, 11) is 0. The molecule has 0 bridgehead atoms. The van der Waals surface area contributed by atoms with Crippen LogP contribution in [0.4, 0.5) is 0 Å². The minimum atomic E-state index is -0.690. The molecular formula is C7H15NO3. The Morgan fingerprint density at radius 3 is 2.82 bits per heavy atom. The Balaban J connectivity index is 2.30. The highest BCUT2D eigenvalue weighted by molar-refractivity contribution is 4.69. The molecule has 2 N–H and O–H groups in total. The van der Waals surface area contributed by atoms with Gasteiger partial charge in [-0.05, 0) is 6.92 Å². The first-order valence-electron chi connectivity index (χ1n) is 3.89. The molecule has 4 heteroatoms. The van der Waals surface area contributed by atoms with E-state index in [1.165, 1.54) is 0 Å². The average Bonchev–Trinajstić information content (AvgIpc) is 1.85. The first kappa shape index (κ1) is 8.93. The van der Waals surface area contributed by atoms with Gasteiger partial charge in [-0.2, -0.15) is 0 Å². The maximum Gasteiger partial charge on any atom is 0.167 e. The molecule has 1 aliphatic rings. The molecule has 2 atom stereocenters. The summed E-state index contributed by atoms with van der Waals surface area (Å²) in [6.07, 6.45) is -0.629. The monoisotopic (exact) mass is 161 g/mol. The van der Waals surface area contributed by atoms with E-state index in [2.05, 4.69) is 0 Å². The van der Waals surface area contributed by atoms with Crippen molar-refractivity contribution in [3.63, 3.8) is 0 Å². The fourth-order valence-corrected chi connectivity index (χ4v) is 1.34. The molecule has 1 aliphatic heterocycles. The fraction of sp³-hybridized carbons (Fsp3) is 1.00. The van der Waals surface area contributed by atoms with E-state index in [1.807, 2.05) is 11.8 Å². The number of hydrogen-bond donors (Lipinski definition) is 2. The molecular weight excluding hydrogens is 146 g/mol. The third-order valence-electron chi connectivity index (χ3n) is 1.74. The van der Waals surface area contributed by atoms with E-state index in [0.29, 0.717) is 13.1 Å². The van der Waals surface area contributed by atoms with Gasteiger partial charge in [0.2, 0.25) is 0 Å². The quantitative estimate of drug-likeness (QED) is 0.546. The Morgan fingerprint density at radius 2 is 2.27 bits per heavy atom. The Morgan fingerprint density at radius 1 is 1.55 bits per heavy atom. The van der Waals surface area contributed by atoms with Gasteiger partial charge in [0.1, 0.15) is 0 Å². The van der Waals surface area contributed by atoms with Crippen molar-refractivity contribution in [2.24, 2.45) is 0 Å². The van der Waals surface area contributed by atoms with Crippen LogP contribution in [0.25, 0.3) is 0 Å². The number of aliphatic hydroxyl groups excluding tert-OH is 2. The molecule has 0 aromatic heterocycles. The number of ether oxygens (including phenoxy) is 1.